The molecule has 0 bridgehead atoms. The zero-order chi connectivity index (χ0) is 23.3. The fraction of sp³-hybridized carbons (Fsp3) is 0.375. The van der Waals surface area contributed by atoms with Gasteiger partial charge in [-0.2, -0.15) is 0 Å². The second kappa shape index (κ2) is 10.3. The molecule has 8 heteroatoms. The molecule has 0 N–H and O–H groups in total. The third-order valence-corrected chi connectivity index (χ3v) is 6.38. The summed E-state index contributed by atoms with van der Waals surface area (Å²) >= 11 is 2.18. The van der Waals surface area contributed by atoms with E-state index in [1.807, 2.05) is 42.5 Å². The van der Waals surface area contributed by atoms with Gasteiger partial charge in [0.05, 0.1) is 32.6 Å². The first kappa shape index (κ1) is 24.0. The average Bonchev–Trinajstić information content (AvgIpc) is 3.18. The van der Waals surface area contributed by atoms with Gasteiger partial charge in [0, 0.05) is 3.57 Å². The van der Waals surface area contributed by atoms with Crippen LogP contribution in [0.25, 0.3) is 0 Å². The number of hydrogen-bond acceptors (Lipinski definition) is 6. The van der Waals surface area contributed by atoms with Gasteiger partial charge >= 0.3 is 18.0 Å². The average molecular weight is 551 g/mol. The van der Waals surface area contributed by atoms with Gasteiger partial charge in [-0.15, -0.1) is 0 Å². The molecule has 1 aliphatic carbocycles. The van der Waals surface area contributed by atoms with E-state index in [1.165, 1.54) is 7.11 Å². The van der Waals surface area contributed by atoms with E-state index >= 15 is 0 Å². The summed E-state index contributed by atoms with van der Waals surface area (Å²) in [7, 11) is 1.35. The maximum absolute atomic E-state index is 12.8. The summed E-state index contributed by atoms with van der Waals surface area (Å²) in [6, 6.07) is 13.3. The second-order valence-electron chi connectivity index (χ2n) is 7.49. The molecule has 0 radical (unpaired) electrons. The fourth-order valence-electron chi connectivity index (χ4n) is 3.95. The Bertz CT molecular complexity index is 1000. The number of carbonyl (C=O) groups excluding carboxylic acids is 3. The quantitative estimate of drug-likeness (QED) is 0.221. The Morgan fingerprint density at radius 3 is 2.19 bits per heavy atom. The predicted molar refractivity (Wildman–Crippen MR) is 127 cm³/mol. The molecule has 2 aromatic carbocycles. The second-order valence-corrected chi connectivity index (χ2v) is 8.65. The van der Waals surface area contributed by atoms with Crippen LogP contribution < -0.4 is 4.90 Å². The van der Waals surface area contributed by atoms with Crippen molar-refractivity contribution in [1.82, 2.24) is 0 Å². The number of esters is 2. The van der Waals surface area contributed by atoms with Gasteiger partial charge < -0.3 is 14.2 Å². The van der Waals surface area contributed by atoms with Crippen molar-refractivity contribution < 1.29 is 28.6 Å². The van der Waals surface area contributed by atoms with E-state index in [4.69, 9.17) is 14.2 Å². The number of anilines is 1. The molecular formula is C24H26INO6. The third kappa shape index (κ3) is 4.74. The number of benzene rings is 2. The highest BCUT2D eigenvalue weighted by molar-refractivity contribution is 14.1. The van der Waals surface area contributed by atoms with Crippen molar-refractivity contribution in [2.75, 3.05) is 25.2 Å². The summed E-state index contributed by atoms with van der Waals surface area (Å²) in [5, 5.41) is 0. The molecule has 0 saturated heterocycles. The van der Waals surface area contributed by atoms with Crippen molar-refractivity contribution >= 4 is 46.3 Å². The molecule has 0 fully saturated rings. The Labute approximate surface area is 201 Å². The minimum absolute atomic E-state index is 0.186. The van der Waals surface area contributed by atoms with E-state index in [9.17, 15) is 14.4 Å². The number of para-hydroxylation sites is 1. The van der Waals surface area contributed by atoms with Gasteiger partial charge in [-0.25, -0.2) is 4.79 Å². The Kier molecular flexibility index (Phi) is 7.76. The summed E-state index contributed by atoms with van der Waals surface area (Å²) in [4.78, 5) is 39.6. The highest BCUT2D eigenvalue weighted by atomic mass is 127. The summed E-state index contributed by atoms with van der Waals surface area (Å²) in [5.74, 6) is -1.13. The molecule has 1 amide bonds. The van der Waals surface area contributed by atoms with Crippen LogP contribution in [0.3, 0.4) is 0 Å². The molecule has 1 aliphatic rings. The molecule has 0 aromatic heterocycles. The first-order valence-electron chi connectivity index (χ1n) is 10.4. The van der Waals surface area contributed by atoms with Gasteiger partial charge in [-0.3, -0.25) is 14.5 Å². The molecular weight excluding hydrogens is 525 g/mol. The van der Waals surface area contributed by atoms with Gasteiger partial charge in [0.2, 0.25) is 0 Å². The molecule has 7 nitrogen and oxygen atoms in total. The fourth-order valence-corrected chi connectivity index (χ4v) is 4.63. The zero-order valence-electron chi connectivity index (χ0n) is 18.4. The number of nitrogens with zero attached hydrogens (tertiary/aromatic N) is 1. The van der Waals surface area contributed by atoms with Crippen LogP contribution in [-0.2, 0) is 43.2 Å². The summed E-state index contributed by atoms with van der Waals surface area (Å²) in [5.41, 5.74) is 2.00. The molecule has 0 unspecified atom stereocenters. The lowest BCUT2D eigenvalue weighted by molar-refractivity contribution is -0.171. The van der Waals surface area contributed by atoms with Crippen molar-refractivity contribution in [2.24, 2.45) is 5.41 Å². The highest BCUT2D eigenvalue weighted by Gasteiger charge is 2.53. The van der Waals surface area contributed by atoms with Crippen LogP contribution in [0, 0.1) is 8.99 Å². The van der Waals surface area contributed by atoms with E-state index in [0.717, 1.165) is 25.9 Å². The maximum Gasteiger partial charge on any atom is 0.414 e. The molecule has 0 aliphatic heterocycles. The minimum Gasteiger partial charge on any atom is -0.465 e. The standard InChI is InChI=1S/C24H26INO6/c1-4-31-21(27)24(22(28)32-5-2)13-17-11-10-16(12-18(17)14-24)15-26(23(29)30-3)20-9-7-6-8-19(20)25/h6-12H,4-5,13-15H2,1-3H3. The van der Waals surface area contributed by atoms with Crippen molar-refractivity contribution in [3.05, 3.63) is 62.7 Å². The van der Waals surface area contributed by atoms with Crippen LogP contribution in [0.2, 0.25) is 0 Å². The number of fused-ring (bicyclic) bond motifs is 1. The Morgan fingerprint density at radius 1 is 0.969 bits per heavy atom. The highest BCUT2D eigenvalue weighted by Crippen LogP contribution is 2.40. The molecule has 0 heterocycles. The van der Waals surface area contributed by atoms with Gasteiger partial charge in [-0.1, -0.05) is 30.3 Å². The molecule has 170 valence electrons. The van der Waals surface area contributed by atoms with Gasteiger partial charge in [0.15, 0.2) is 5.41 Å². The SMILES string of the molecule is CCOC(=O)C1(C(=O)OCC)Cc2ccc(CN(C(=O)OC)c3ccccc3I)cc2C1. The van der Waals surface area contributed by atoms with E-state index in [0.29, 0.717) is 0 Å². The lowest BCUT2D eigenvalue weighted by Gasteiger charge is -2.24. The number of rotatable bonds is 7. The monoisotopic (exact) mass is 551 g/mol. The van der Waals surface area contributed by atoms with Crippen LogP contribution in [-0.4, -0.2) is 38.4 Å². The normalized spacial score (nSPS) is 13.8. The lowest BCUT2D eigenvalue weighted by atomic mass is 9.84. The summed E-state index contributed by atoms with van der Waals surface area (Å²) < 4.78 is 16.4. The Balaban J connectivity index is 1.92. The van der Waals surface area contributed by atoms with Gasteiger partial charge in [-0.05, 0) is 78.1 Å². The molecule has 2 aromatic rings. The van der Waals surface area contributed by atoms with Crippen LogP contribution in [0.1, 0.15) is 30.5 Å². The Morgan fingerprint density at radius 2 is 1.59 bits per heavy atom. The van der Waals surface area contributed by atoms with Crippen molar-refractivity contribution in [3.8, 4) is 0 Å². The first-order chi connectivity index (χ1) is 15.4. The minimum atomic E-state index is -1.37. The molecule has 32 heavy (non-hydrogen) atoms. The molecule has 0 saturated carbocycles. The number of hydrogen-bond donors (Lipinski definition) is 0. The zero-order valence-corrected chi connectivity index (χ0v) is 20.5. The predicted octanol–water partition coefficient (Wildman–Crippen LogP) is 4.28. The summed E-state index contributed by atoms with van der Waals surface area (Å²) in [6.07, 6.45) is -0.0333. The number of methoxy groups -OCH3 is 1. The van der Waals surface area contributed by atoms with Gasteiger partial charge in [0.25, 0.3) is 0 Å². The van der Waals surface area contributed by atoms with Crippen LogP contribution in [0.4, 0.5) is 10.5 Å². The smallest absolute Gasteiger partial charge is 0.414 e. The van der Waals surface area contributed by atoms with Gasteiger partial charge in [0.1, 0.15) is 0 Å². The number of halogens is 1. The number of amides is 1. The molecule has 0 atom stereocenters. The molecule has 0 spiro atoms. The lowest BCUT2D eigenvalue weighted by Crippen LogP contribution is -2.43. The third-order valence-electron chi connectivity index (χ3n) is 5.47. The van der Waals surface area contributed by atoms with E-state index in [-0.39, 0.29) is 32.6 Å². The van der Waals surface area contributed by atoms with Crippen molar-refractivity contribution in [2.45, 2.75) is 33.2 Å². The van der Waals surface area contributed by atoms with Crippen LogP contribution >= 0.6 is 22.6 Å². The van der Waals surface area contributed by atoms with Crippen LogP contribution in [0.15, 0.2) is 42.5 Å². The topological polar surface area (TPSA) is 82.1 Å². The van der Waals surface area contributed by atoms with E-state index in [1.54, 1.807) is 18.7 Å². The maximum atomic E-state index is 12.8. The summed E-state index contributed by atoms with van der Waals surface area (Å²) in [6.45, 7) is 4.08. The number of carbonyl (C=O) groups is 3. The van der Waals surface area contributed by atoms with Crippen molar-refractivity contribution in [1.29, 1.82) is 0 Å². The molecule has 3 rings (SSSR count). The first-order valence-corrected chi connectivity index (χ1v) is 11.5. The number of ether oxygens (including phenoxy) is 3. The Hall–Kier alpha value is -2.62. The van der Waals surface area contributed by atoms with Crippen molar-refractivity contribution in [3.63, 3.8) is 0 Å². The van der Waals surface area contributed by atoms with E-state index < -0.39 is 23.4 Å². The van der Waals surface area contributed by atoms with E-state index in [2.05, 4.69) is 22.6 Å². The van der Waals surface area contributed by atoms with Crippen LogP contribution in [0.5, 0.6) is 0 Å². The largest absolute Gasteiger partial charge is 0.465 e.